The lowest BCUT2D eigenvalue weighted by molar-refractivity contribution is -0.135. The van der Waals surface area contributed by atoms with Gasteiger partial charge in [0.05, 0.1) is 6.61 Å². The predicted molar refractivity (Wildman–Crippen MR) is 112 cm³/mol. The molecule has 1 aromatic carbocycles. The summed E-state index contributed by atoms with van der Waals surface area (Å²) in [6.07, 6.45) is 3.48. The Bertz CT molecular complexity index is 1120. The number of unbranched alkanes of at least 4 members (excludes halogenated alkanes) is 2. The molecule has 0 bridgehead atoms. The molecule has 2 rings (SSSR count). The molecule has 0 fully saturated rings. The molecule has 1 atom stereocenters. The van der Waals surface area contributed by atoms with Gasteiger partial charge in [0.1, 0.15) is 12.0 Å². The summed E-state index contributed by atoms with van der Waals surface area (Å²) in [5.74, 6) is -3.41. The number of phosphoric ester groups is 2. The van der Waals surface area contributed by atoms with Crippen LogP contribution in [-0.2, 0) is 27.8 Å². The predicted octanol–water partition coefficient (Wildman–Crippen LogP) is 2.12. The average molecular weight is 508 g/mol. The highest BCUT2D eigenvalue weighted by Gasteiger charge is 2.25. The Morgan fingerprint density at radius 1 is 1.12 bits per heavy atom. The largest absolute Gasteiger partial charge is 0.527 e. The average Bonchev–Trinajstić information content (AvgIpc) is 3.08. The van der Waals surface area contributed by atoms with Crippen molar-refractivity contribution >= 4 is 38.4 Å². The molecule has 1 aromatic heterocycles. The number of aromatic nitrogens is 1. The molecule has 14 nitrogen and oxygen atoms in total. The van der Waals surface area contributed by atoms with E-state index in [4.69, 9.17) is 34.4 Å². The highest BCUT2D eigenvalue weighted by atomic mass is 31.2. The molecule has 0 saturated heterocycles. The molecule has 1 unspecified atom stereocenters. The molecule has 0 saturated carbocycles. The number of aliphatic carboxylic acids is 1. The zero-order chi connectivity index (χ0) is 24.6. The number of ether oxygens (including phenoxy) is 1. The number of hydrogen-bond donors (Lipinski definition) is 6. The third-order valence-electron chi connectivity index (χ3n) is 3.88. The van der Waals surface area contributed by atoms with Crippen LogP contribution in [0.15, 0.2) is 36.4 Å². The Morgan fingerprint density at radius 3 is 2.48 bits per heavy atom. The fraction of sp³-hybridized carbons (Fsp3) is 0.294. The minimum Gasteiger partial charge on any atom is -0.475 e. The van der Waals surface area contributed by atoms with Crippen LogP contribution in [0.25, 0.3) is 10.9 Å². The number of carboxylic acid groups (broad SMARTS) is 1. The molecule has 2 aromatic rings. The van der Waals surface area contributed by atoms with E-state index in [1.165, 1.54) is 24.4 Å². The van der Waals surface area contributed by atoms with Crippen molar-refractivity contribution in [1.82, 2.24) is 4.98 Å². The first kappa shape index (κ1) is 26.4. The standard InChI is InChI=1S/C17H22N2O12P2/c18-16(20)4-2-1-3-7-29-33(26,27)31-14-9-19-13-6-5-11(8-12(13)14)28-10-15(17(21)22)30-32(23,24)25/h5-6,8-10,19H,1-4,7H2,(H2,18,20)(H,21,22)(H,26,27)(H2,23,24,25)/b15-10-. The molecule has 33 heavy (non-hydrogen) atoms. The molecule has 7 N–H and O–H groups in total. The second-order valence-electron chi connectivity index (χ2n) is 6.52. The van der Waals surface area contributed by atoms with Gasteiger partial charge in [-0.2, -0.15) is 0 Å². The number of fused-ring (bicyclic) bond motifs is 1. The van der Waals surface area contributed by atoms with E-state index < -0.39 is 33.3 Å². The minimum absolute atomic E-state index is 0.00292. The summed E-state index contributed by atoms with van der Waals surface area (Å²) in [4.78, 5) is 51.9. The van der Waals surface area contributed by atoms with Crippen molar-refractivity contribution in [2.24, 2.45) is 5.73 Å². The lowest BCUT2D eigenvalue weighted by Crippen LogP contribution is -2.09. The third-order valence-corrected chi connectivity index (χ3v) is 5.25. The molecule has 0 spiro atoms. The normalized spacial score (nSPS) is 14.0. The van der Waals surface area contributed by atoms with E-state index in [9.17, 15) is 23.6 Å². The quantitative estimate of drug-likeness (QED) is 0.0933. The van der Waals surface area contributed by atoms with Gasteiger partial charge in [0, 0.05) is 23.5 Å². The van der Waals surface area contributed by atoms with Crippen molar-refractivity contribution in [2.75, 3.05) is 6.61 Å². The number of benzene rings is 1. The van der Waals surface area contributed by atoms with Crippen LogP contribution < -0.4 is 15.0 Å². The summed E-state index contributed by atoms with van der Waals surface area (Å²) in [7, 11) is -9.61. The van der Waals surface area contributed by atoms with E-state index in [2.05, 4.69) is 9.51 Å². The van der Waals surface area contributed by atoms with E-state index in [-0.39, 0.29) is 29.9 Å². The first-order chi connectivity index (χ1) is 15.4. The van der Waals surface area contributed by atoms with Crippen LogP contribution in [0.3, 0.4) is 0 Å². The monoisotopic (exact) mass is 508 g/mol. The molecule has 0 aliphatic carbocycles. The molecule has 182 valence electrons. The molecule has 0 aliphatic rings. The first-order valence-electron chi connectivity index (χ1n) is 9.28. The van der Waals surface area contributed by atoms with Crippen molar-refractivity contribution in [3.05, 3.63) is 36.4 Å². The van der Waals surface area contributed by atoms with Gasteiger partial charge in [0.2, 0.25) is 5.91 Å². The van der Waals surface area contributed by atoms with Gasteiger partial charge >= 0.3 is 21.6 Å². The van der Waals surface area contributed by atoms with Gasteiger partial charge < -0.3 is 29.6 Å². The zero-order valence-corrected chi connectivity index (χ0v) is 18.7. The maximum Gasteiger partial charge on any atom is 0.527 e. The molecule has 0 radical (unpaired) electrons. The number of aromatic amines is 1. The molecule has 16 heteroatoms. The summed E-state index contributed by atoms with van der Waals surface area (Å²) < 4.78 is 42.1. The fourth-order valence-electron chi connectivity index (χ4n) is 2.49. The van der Waals surface area contributed by atoms with Crippen molar-refractivity contribution < 1.29 is 56.8 Å². The van der Waals surface area contributed by atoms with Gasteiger partial charge in [-0.3, -0.25) is 24.0 Å². The van der Waals surface area contributed by atoms with E-state index in [0.29, 0.717) is 31.0 Å². The number of carboxylic acids is 1. The van der Waals surface area contributed by atoms with E-state index in [1.54, 1.807) is 0 Å². The van der Waals surface area contributed by atoms with Crippen molar-refractivity contribution in [2.45, 2.75) is 25.7 Å². The van der Waals surface area contributed by atoms with Gasteiger partial charge in [0.15, 0.2) is 5.75 Å². The molecular weight excluding hydrogens is 486 g/mol. The number of rotatable bonds is 14. The summed E-state index contributed by atoms with van der Waals surface area (Å²) in [6, 6.07) is 4.19. The van der Waals surface area contributed by atoms with E-state index in [0.717, 1.165) is 0 Å². The SMILES string of the molecule is NC(=O)CCCCCOP(=O)(O)Oc1c[nH]c2ccc(O/C=C(\OP(=O)(O)O)C(=O)O)cc12. The van der Waals surface area contributed by atoms with Gasteiger partial charge in [-0.25, -0.2) is 13.9 Å². The topological polar surface area (TPSA) is 228 Å². The fourth-order valence-corrected chi connectivity index (χ4v) is 3.68. The third kappa shape index (κ3) is 9.26. The number of nitrogens with two attached hydrogens (primary N) is 1. The van der Waals surface area contributed by atoms with Gasteiger partial charge in [-0.15, -0.1) is 0 Å². The Kier molecular flexibility index (Phi) is 9.06. The number of hydrogen-bond acceptors (Lipinski definition) is 8. The van der Waals surface area contributed by atoms with Crippen molar-refractivity contribution in [3.63, 3.8) is 0 Å². The number of carbonyl (C=O) groups is 2. The Morgan fingerprint density at radius 2 is 1.85 bits per heavy atom. The van der Waals surface area contributed by atoms with Crippen LogP contribution in [0.2, 0.25) is 0 Å². The number of amides is 1. The highest BCUT2D eigenvalue weighted by Crippen LogP contribution is 2.46. The maximum absolute atomic E-state index is 12.2. The zero-order valence-electron chi connectivity index (χ0n) is 16.9. The summed E-state index contributed by atoms with van der Waals surface area (Å²) in [6.45, 7) is -0.0917. The van der Waals surface area contributed by atoms with E-state index >= 15 is 0 Å². The molecule has 1 amide bonds. The molecule has 0 aliphatic heterocycles. The van der Waals surface area contributed by atoms with E-state index in [1.807, 2.05) is 0 Å². The smallest absolute Gasteiger partial charge is 0.475 e. The second kappa shape index (κ2) is 11.3. The molecular formula is C17H22N2O12P2. The Labute approximate surface area is 186 Å². The number of primary amides is 1. The summed E-state index contributed by atoms with van der Waals surface area (Å²) in [5.41, 5.74) is 5.50. The first-order valence-corrected chi connectivity index (χ1v) is 12.3. The number of H-pyrrole nitrogens is 1. The lowest BCUT2D eigenvalue weighted by atomic mass is 10.2. The Hall–Kier alpha value is -2.86. The van der Waals surface area contributed by atoms with Crippen molar-refractivity contribution in [1.29, 1.82) is 0 Å². The van der Waals surface area contributed by atoms with Crippen molar-refractivity contribution in [3.8, 4) is 11.5 Å². The second-order valence-corrected chi connectivity index (χ2v) is 9.06. The highest BCUT2D eigenvalue weighted by molar-refractivity contribution is 7.47. The number of phosphoric acid groups is 2. The minimum atomic E-state index is -5.13. The van der Waals surface area contributed by atoms with Crippen LogP contribution in [-0.4, -0.2) is 43.3 Å². The van der Waals surface area contributed by atoms with Crippen LogP contribution in [0.4, 0.5) is 0 Å². The number of carbonyl (C=O) groups excluding carboxylic acids is 1. The van der Waals surface area contributed by atoms with Crippen LogP contribution in [0, 0.1) is 0 Å². The summed E-state index contributed by atoms with van der Waals surface area (Å²) >= 11 is 0. The van der Waals surface area contributed by atoms with Gasteiger partial charge in [-0.1, -0.05) is 6.42 Å². The Balaban J connectivity index is 2.05. The maximum atomic E-state index is 12.2. The lowest BCUT2D eigenvalue weighted by Gasteiger charge is -2.12. The van der Waals surface area contributed by atoms with Crippen LogP contribution >= 0.6 is 15.6 Å². The van der Waals surface area contributed by atoms with Gasteiger partial charge in [-0.05, 0) is 31.0 Å². The number of nitrogens with one attached hydrogen (secondary N) is 1. The van der Waals surface area contributed by atoms with Crippen LogP contribution in [0.5, 0.6) is 11.5 Å². The van der Waals surface area contributed by atoms with Gasteiger partial charge in [0.25, 0.3) is 5.76 Å². The molecule has 1 heterocycles. The summed E-state index contributed by atoms with van der Waals surface area (Å²) in [5, 5.41) is 9.20. The van der Waals surface area contributed by atoms with Crippen LogP contribution in [0.1, 0.15) is 25.7 Å².